The summed E-state index contributed by atoms with van der Waals surface area (Å²) < 4.78 is 12.0. The number of Topliss-reactive ketones (excluding diaryl/α,β-unsaturated/α-hetero) is 1. The molecular weight excluding hydrogens is 352 g/mol. The van der Waals surface area contributed by atoms with E-state index in [0.717, 1.165) is 38.5 Å². The third kappa shape index (κ3) is 2.26. The third-order valence-corrected chi connectivity index (χ3v) is 9.24. The highest BCUT2D eigenvalue weighted by Crippen LogP contribution is 2.66. The molecule has 4 aliphatic carbocycles. The number of rotatable bonds is 2. The predicted octanol–water partition coefficient (Wildman–Crippen LogP) is 4.32. The average molecular weight is 387 g/mol. The molecule has 0 unspecified atom stereocenters. The number of allylic oxidation sites excluding steroid dienone is 3. The van der Waals surface area contributed by atoms with Gasteiger partial charge in [-0.15, -0.1) is 0 Å². The second-order valence-electron chi connectivity index (χ2n) is 10.3. The summed E-state index contributed by atoms with van der Waals surface area (Å²) in [5.41, 5.74) is 1.64. The molecule has 28 heavy (non-hydrogen) atoms. The highest BCUT2D eigenvalue weighted by Gasteiger charge is 2.64. The van der Waals surface area contributed by atoms with Gasteiger partial charge in [0.15, 0.2) is 11.6 Å². The van der Waals surface area contributed by atoms with Crippen LogP contribution < -0.4 is 0 Å². The minimum absolute atomic E-state index is 0.0303. The zero-order chi connectivity index (χ0) is 19.8. The number of carbonyl (C=O) groups excluding carboxylic acids is 1. The van der Waals surface area contributed by atoms with Gasteiger partial charge in [-0.25, -0.2) is 0 Å². The minimum Gasteiger partial charge on any atom is -0.381 e. The van der Waals surface area contributed by atoms with Crippen LogP contribution >= 0.6 is 0 Å². The Bertz CT molecular complexity index is 761. The van der Waals surface area contributed by atoms with Crippen molar-refractivity contribution in [3.05, 3.63) is 23.3 Å². The van der Waals surface area contributed by atoms with Gasteiger partial charge in [-0.1, -0.05) is 44.1 Å². The maximum absolute atomic E-state index is 12.7. The van der Waals surface area contributed by atoms with Gasteiger partial charge in [0, 0.05) is 30.1 Å². The lowest BCUT2D eigenvalue weighted by Crippen LogP contribution is -2.54. The molecule has 1 spiro atoms. The molecule has 154 valence electrons. The first-order valence-electron chi connectivity index (χ1n) is 11.2. The average Bonchev–Trinajstić information content (AvgIpc) is 3.25. The quantitative estimate of drug-likeness (QED) is 0.718. The number of ketones is 1. The minimum atomic E-state index is -1.15. The molecular formula is C24H34O4. The molecule has 5 rings (SSSR count). The van der Waals surface area contributed by atoms with Gasteiger partial charge in [0.25, 0.3) is 0 Å². The molecule has 1 N–H and O–H groups in total. The van der Waals surface area contributed by atoms with Crippen molar-refractivity contribution >= 4 is 5.78 Å². The maximum atomic E-state index is 12.7. The molecule has 0 aromatic carbocycles. The van der Waals surface area contributed by atoms with Crippen LogP contribution in [0.15, 0.2) is 23.3 Å². The van der Waals surface area contributed by atoms with E-state index in [2.05, 4.69) is 26.0 Å². The SMILES string of the molecule is CCC(=O)[C@@]1(O)CC[C@H]2[C@@H]3CC=C4CC5(CC[C@]4(C)C3=CC[C@@]21C)OCCO5. The van der Waals surface area contributed by atoms with Crippen LogP contribution in [0.3, 0.4) is 0 Å². The van der Waals surface area contributed by atoms with E-state index in [4.69, 9.17) is 9.47 Å². The summed E-state index contributed by atoms with van der Waals surface area (Å²) in [6.07, 6.45) is 11.6. The number of fused-ring (bicyclic) bond motifs is 5. The number of hydrogen-bond donors (Lipinski definition) is 1. The van der Waals surface area contributed by atoms with Crippen molar-refractivity contribution in [3.63, 3.8) is 0 Å². The van der Waals surface area contributed by atoms with Gasteiger partial charge in [0.2, 0.25) is 0 Å². The Balaban J connectivity index is 1.49. The zero-order valence-electron chi connectivity index (χ0n) is 17.6. The van der Waals surface area contributed by atoms with E-state index in [-0.39, 0.29) is 22.4 Å². The van der Waals surface area contributed by atoms with E-state index >= 15 is 0 Å². The Hall–Kier alpha value is -0.970. The molecule has 1 saturated heterocycles. The second-order valence-corrected chi connectivity index (χ2v) is 10.3. The molecule has 0 amide bonds. The molecule has 5 atom stereocenters. The van der Waals surface area contributed by atoms with Crippen LogP contribution in [0.1, 0.15) is 72.1 Å². The van der Waals surface area contributed by atoms with Gasteiger partial charge in [-0.3, -0.25) is 4.79 Å². The van der Waals surface area contributed by atoms with E-state index in [1.165, 1.54) is 5.57 Å². The van der Waals surface area contributed by atoms with Gasteiger partial charge in [-0.2, -0.15) is 0 Å². The summed E-state index contributed by atoms with van der Waals surface area (Å²) in [7, 11) is 0. The fourth-order valence-electron chi connectivity index (χ4n) is 7.42. The molecule has 5 aliphatic rings. The van der Waals surface area contributed by atoms with Crippen LogP contribution in [0, 0.1) is 22.7 Å². The molecule has 0 aromatic heterocycles. The van der Waals surface area contributed by atoms with Crippen molar-refractivity contribution in [1.29, 1.82) is 0 Å². The molecule has 0 bridgehead atoms. The van der Waals surface area contributed by atoms with Gasteiger partial charge < -0.3 is 14.6 Å². The third-order valence-electron chi connectivity index (χ3n) is 9.24. The first kappa shape index (κ1) is 19.0. The van der Waals surface area contributed by atoms with Crippen LogP contribution in [-0.4, -0.2) is 35.5 Å². The van der Waals surface area contributed by atoms with Gasteiger partial charge in [-0.05, 0) is 43.9 Å². The lowest BCUT2D eigenvalue weighted by molar-refractivity contribution is -0.176. The van der Waals surface area contributed by atoms with Crippen LogP contribution in [0.2, 0.25) is 0 Å². The second kappa shape index (κ2) is 6.02. The predicted molar refractivity (Wildman–Crippen MR) is 107 cm³/mol. The molecule has 4 nitrogen and oxygen atoms in total. The molecule has 0 aromatic rings. The van der Waals surface area contributed by atoms with Crippen molar-refractivity contribution in [2.24, 2.45) is 22.7 Å². The summed E-state index contributed by atoms with van der Waals surface area (Å²) in [5.74, 6) is 0.481. The summed E-state index contributed by atoms with van der Waals surface area (Å²) in [6.45, 7) is 7.87. The van der Waals surface area contributed by atoms with E-state index in [9.17, 15) is 9.90 Å². The molecule has 1 aliphatic heterocycles. The fourth-order valence-corrected chi connectivity index (χ4v) is 7.42. The summed E-state index contributed by atoms with van der Waals surface area (Å²) in [4.78, 5) is 12.7. The lowest BCUT2D eigenvalue weighted by atomic mass is 9.50. The molecule has 3 fully saturated rings. The van der Waals surface area contributed by atoms with E-state index in [0.29, 0.717) is 37.9 Å². The van der Waals surface area contributed by atoms with Gasteiger partial charge in [0.1, 0.15) is 5.60 Å². The van der Waals surface area contributed by atoms with Crippen LogP contribution in [0.25, 0.3) is 0 Å². The highest BCUT2D eigenvalue weighted by atomic mass is 16.7. The Morgan fingerprint density at radius 1 is 1.18 bits per heavy atom. The van der Waals surface area contributed by atoms with E-state index < -0.39 is 5.60 Å². The standard InChI is InChI=1S/C24H34O4/c1-4-20(25)24(26)10-8-19-17-6-5-16-15-23(27-13-14-28-23)12-11-21(16,2)18(17)7-9-22(19,24)3/h5,7,17,19,26H,4,6,8-15H2,1-3H3/t17-,19+,21+,22+,24+/m1/s1. The highest BCUT2D eigenvalue weighted by molar-refractivity contribution is 5.88. The molecule has 0 radical (unpaired) electrons. The monoisotopic (exact) mass is 386 g/mol. The first-order valence-corrected chi connectivity index (χ1v) is 11.2. The normalized spacial score (nSPS) is 46.4. The van der Waals surface area contributed by atoms with Crippen LogP contribution in [0.5, 0.6) is 0 Å². The topological polar surface area (TPSA) is 55.8 Å². The summed E-state index contributed by atoms with van der Waals surface area (Å²) in [6, 6.07) is 0. The van der Waals surface area contributed by atoms with Crippen molar-refractivity contribution in [2.45, 2.75) is 83.5 Å². The summed E-state index contributed by atoms with van der Waals surface area (Å²) in [5, 5.41) is 11.4. The van der Waals surface area contributed by atoms with Crippen LogP contribution in [0.4, 0.5) is 0 Å². The number of carbonyl (C=O) groups is 1. The van der Waals surface area contributed by atoms with Crippen molar-refractivity contribution in [1.82, 2.24) is 0 Å². The Labute approximate surface area is 168 Å². The Kier molecular flexibility index (Phi) is 4.09. The molecule has 2 saturated carbocycles. The van der Waals surface area contributed by atoms with Gasteiger partial charge in [0.05, 0.1) is 13.2 Å². The van der Waals surface area contributed by atoms with Gasteiger partial charge >= 0.3 is 0 Å². The van der Waals surface area contributed by atoms with E-state index in [1.807, 2.05) is 6.92 Å². The smallest absolute Gasteiger partial charge is 0.172 e. The maximum Gasteiger partial charge on any atom is 0.172 e. The van der Waals surface area contributed by atoms with Crippen molar-refractivity contribution in [3.8, 4) is 0 Å². The van der Waals surface area contributed by atoms with Crippen molar-refractivity contribution in [2.75, 3.05) is 13.2 Å². The lowest BCUT2D eigenvalue weighted by Gasteiger charge is -2.55. The molecule has 4 heteroatoms. The Morgan fingerprint density at radius 3 is 2.64 bits per heavy atom. The summed E-state index contributed by atoms with van der Waals surface area (Å²) >= 11 is 0. The Morgan fingerprint density at radius 2 is 1.93 bits per heavy atom. The number of ether oxygens (including phenoxy) is 2. The molecule has 1 heterocycles. The first-order chi connectivity index (χ1) is 13.3. The number of aliphatic hydroxyl groups is 1. The number of hydrogen-bond acceptors (Lipinski definition) is 4. The van der Waals surface area contributed by atoms with Crippen LogP contribution in [-0.2, 0) is 14.3 Å². The van der Waals surface area contributed by atoms with Crippen molar-refractivity contribution < 1.29 is 19.4 Å². The fraction of sp³-hybridized carbons (Fsp3) is 0.792. The zero-order valence-corrected chi connectivity index (χ0v) is 17.6. The largest absolute Gasteiger partial charge is 0.381 e. The van der Waals surface area contributed by atoms with E-state index in [1.54, 1.807) is 5.57 Å².